The molecule has 3 atom stereocenters. The predicted octanol–water partition coefficient (Wildman–Crippen LogP) is -6.49. The molecule has 2 aromatic rings. The number of hydrogen-bond donors (Lipinski definition) is 11. The van der Waals surface area contributed by atoms with Crippen molar-refractivity contribution in [2.24, 2.45) is 0 Å². The highest BCUT2D eigenvalue weighted by Gasteiger charge is 2.89. The Balaban J connectivity index is 2.35. The number of aromatic amines is 1. The summed E-state index contributed by atoms with van der Waals surface area (Å²) in [7, 11) is 0. The molecule has 3 heterocycles. The van der Waals surface area contributed by atoms with E-state index in [4.69, 9.17) is 11.0 Å². The van der Waals surface area contributed by atoms with Gasteiger partial charge in [0.1, 0.15) is 6.33 Å². The highest BCUT2D eigenvalue weighted by atomic mass is 17.2. The zero-order valence-electron chi connectivity index (χ0n) is 12.7. The van der Waals surface area contributed by atoms with Crippen molar-refractivity contribution in [1.82, 2.24) is 19.5 Å². The lowest BCUT2D eigenvalue weighted by molar-refractivity contribution is -0.558. The Morgan fingerprint density at radius 2 is 1.81 bits per heavy atom. The van der Waals surface area contributed by atoms with Gasteiger partial charge in [0, 0.05) is 0 Å². The van der Waals surface area contributed by atoms with E-state index >= 15 is 0 Å². The van der Waals surface area contributed by atoms with Gasteiger partial charge < -0.3 is 46.6 Å². The maximum Gasteiger partial charge on any atom is 0.339 e. The molecule has 17 heteroatoms. The Morgan fingerprint density at radius 3 is 2.30 bits per heavy atom. The Bertz CT molecular complexity index is 964. The molecule has 2 aromatic heterocycles. The molecule has 0 spiro atoms. The second-order valence-electron chi connectivity index (χ2n) is 5.64. The molecule has 0 saturated carbocycles. The number of rotatable bonds is 3. The first-order valence-corrected chi connectivity index (χ1v) is 6.71. The normalized spacial score (nSPS) is 33.7. The molecule has 0 radical (unpaired) electrons. The first-order chi connectivity index (χ1) is 12.2. The largest absolute Gasteiger partial charge is 0.369 e. The van der Waals surface area contributed by atoms with Gasteiger partial charge in [-0.05, 0) is 0 Å². The summed E-state index contributed by atoms with van der Waals surface area (Å²) < 4.78 is 4.41. The fourth-order valence-corrected chi connectivity index (χ4v) is 2.59. The van der Waals surface area contributed by atoms with Crippen LogP contribution in [0.15, 0.2) is 11.1 Å². The van der Waals surface area contributed by atoms with Gasteiger partial charge in [-0.25, -0.2) is 10.2 Å². The van der Waals surface area contributed by atoms with Gasteiger partial charge in [-0.2, -0.15) is 9.87 Å². The molecule has 3 rings (SSSR count). The van der Waals surface area contributed by atoms with Crippen LogP contribution in [0.5, 0.6) is 0 Å². The Hall–Kier alpha value is -2.29. The highest BCUT2D eigenvalue weighted by molar-refractivity contribution is 5.70. The number of fused-ring (bicyclic) bond motifs is 1. The van der Waals surface area contributed by atoms with E-state index in [0.717, 1.165) is 0 Å². The minimum Gasteiger partial charge on any atom is -0.369 e. The third-order valence-corrected chi connectivity index (χ3v) is 4.01. The van der Waals surface area contributed by atoms with Crippen LogP contribution in [0.1, 0.15) is 0 Å². The highest BCUT2D eigenvalue weighted by Crippen LogP contribution is 2.54. The lowest BCUT2D eigenvalue weighted by atomic mass is 9.95. The van der Waals surface area contributed by atoms with Crippen molar-refractivity contribution in [2.45, 2.75) is 29.2 Å². The van der Waals surface area contributed by atoms with Crippen LogP contribution in [0.3, 0.4) is 0 Å². The van der Waals surface area contributed by atoms with Crippen LogP contribution in [0, 0.1) is 0 Å². The molecule has 1 fully saturated rings. The van der Waals surface area contributed by atoms with Gasteiger partial charge in [-0.1, -0.05) is 0 Å². The molecule has 150 valence electrons. The van der Waals surface area contributed by atoms with E-state index in [-0.39, 0.29) is 4.57 Å². The number of imidazole rings is 1. The topological polar surface area (TPSA) is 290 Å². The van der Waals surface area contributed by atoms with E-state index in [1.165, 1.54) is 0 Å². The summed E-state index contributed by atoms with van der Waals surface area (Å²) in [6, 6.07) is 0. The van der Waals surface area contributed by atoms with Crippen LogP contribution >= 0.6 is 0 Å². The molecule has 1 aliphatic rings. The van der Waals surface area contributed by atoms with Crippen LogP contribution in [-0.2, 0) is 15.5 Å². The molecule has 0 amide bonds. The smallest absolute Gasteiger partial charge is 0.339 e. The monoisotopic (exact) mass is 395 g/mol. The molecule has 12 N–H and O–H groups in total. The van der Waals surface area contributed by atoms with E-state index in [9.17, 15) is 45.6 Å². The van der Waals surface area contributed by atoms with E-state index in [1.54, 1.807) is 0 Å². The maximum atomic E-state index is 11.8. The van der Waals surface area contributed by atoms with Crippen molar-refractivity contribution < 1.29 is 55.7 Å². The van der Waals surface area contributed by atoms with Gasteiger partial charge in [0.05, 0.1) is 0 Å². The summed E-state index contributed by atoms with van der Waals surface area (Å²) in [4.78, 5) is 24.1. The molecule has 0 aliphatic carbocycles. The number of anilines is 1. The zero-order valence-corrected chi connectivity index (χ0v) is 12.7. The van der Waals surface area contributed by atoms with Crippen LogP contribution in [0.25, 0.3) is 11.2 Å². The van der Waals surface area contributed by atoms with E-state index < -0.39 is 51.9 Å². The van der Waals surface area contributed by atoms with Gasteiger partial charge in [0.25, 0.3) is 5.56 Å². The maximum absolute atomic E-state index is 11.8. The van der Waals surface area contributed by atoms with Crippen molar-refractivity contribution in [3.05, 3.63) is 16.7 Å². The van der Waals surface area contributed by atoms with E-state index in [2.05, 4.69) is 19.6 Å². The van der Waals surface area contributed by atoms with Crippen molar-refractivity contribution in [2.75, 3.05) is 5.73 Å². The number of nitrogens with two attached hydrogens (primary N) is 1. The summed E-state index contributed by atoms with van der Waals surface area (Å²) in [5.41, 5.74) is 3.06. The summed E-state index contributed by atoms with van der Waals surface area (Å²) in [6.45, 7) is 0. The SMILES string of the molecule is Nc1nc2c(ncn2[C@]2(O)O[C@](O)(C(O)(O)O)[C@@](O)(OO)C2(O)O)c(=O)[nH]1. The van der Waals surface area contributed by atoms with Crippen LogP contribution in [-0.4, -0.2) is 89.0 Å². The summed E-state index contributed by atoms with van der Waals surface area (Å²) in [5.74, 6) is -22.3. The molecule has 1 aliphatic heterocycles. The first-order valence-electron chi connectivity index (χ1n) is 6.71. The third kappa shape index (κ3) is 2.06. The average molecular weight is 395 g/mol. The molecule has 0 bridgehead atoms. The van der Waals surface area contributed by atoms with Crippen LogP contribution in [0.2, 0.25) is 0 Å². The van der Waals surface area contributed by atoms with Crippen molar-refractivity contribution in [3.8, 4) is 0 Å². The summed E-state index contributed by atoms with van der Waals surface area (Å²) >= 11 is 0. The lowest BCUT2D eigenvalue weighted by Crippen LogP contribution is -2.73. The van der Waals surface area contributed by atoms with E-state index in [0.29, 0.717) is 6.33 Å². The van der Waals surface area contributed by atoms with Gasteiger partial charge >= 0.3 is 29.2 Å². The fourth-order valence-electron chi connectivity index (χ4n) is 2.59. The number of nitrogen functional groups attached to an aromatic ring is 1. The minimum atomic E-state index is -4.56. The molecule has 17 nitrogen and oxygen atoms in total. The van der Waals surface area contributed by atoms with Gasteiger partial charge in [0.15, 0.2) is 11.2 Å². The second kappa shape index (κ2) is 5.15. The van der Waals surface area contributed by atoms with Crippen molar-refractivity contribution in [3.63, 3.8) is 0 Å². The summed E-state index contributed by atoms with van der Waals surface area (Å²) in [6.07, 6.45) is 0.477. The Labute approximate surface area is 145 Å². The summed E-state index contributed by atoms with van der Waals surface area (Å²) in [5, 5.41) is 87.6. The standard InChI is InChI=1S/C10H13N5O12/c11-5-13-3-2(4(16)14-5)12-1-15(3)9(21)6(17,18)7(19,27-25)8(20,26-9)10(22,23)24/h1,17-25H,(H3,11,13,14,16)/t7-,8-,9+/m0/s1. The molecule has 1 saturated heterocycles. The molecule has 27 heavy (non-hydrogen) atoms. The number of H-pyrrole nitrogens is 1. The van der Waals surface area contributed by atoms with Crippen LogP contribution in [0.4, 0.5) is 5.95 Å². The quantitative estimate of drug-likeness (QED) is 0.131. The number of hydrogen-bond acceptors (Lipinski definition) is 15. The Morgan fingerprint density at radius 1 is 1.22 bits per heavy atom. The van der Waals surface area contributed by atoms with Crippen molar-refractivity contribution >= 4 is 17.1 Å². The number of nitrogens with one attached hydrogen (secondary N) is 1. The van der Waals surface area contributed by atoms with Gasteiger partial charge in [-0.15, -0.1) is 0 Å². The lowest BCUT2D eigenvalue weighted by Gasteiger charge is -2.39. The number of ether oxygens (including phenoxy) is 1. The third-order valence-electron chi connectivity index (χ3n) is 4.01. The van der Waals surface area contributed by atoms with Gasteiger partial charge in [0.2, 0.25) is 5.95 Å². The first kappa shape index (κ1) is 19.5. The number of aliphatic hydroxyl groups is 8. The molecule has 0 unspecified atom stereocenters. The second-order valence-corrected chi connectivity index (χ2v) is 5.64. The number of aromatic nitrogens is 4. The fraction of sp³-hybridized carbons (Fsp3) is 0.500. The minimum absolute atomic E-state index is 0.0988. The average Bonchev–Trinajstić information content (AvgIpc) is 3.00. The number of nitrogens with zero attached hydrogens (tertiary/aromatic N) is 3. The predicted molar refractivity (Wildman–Crippen MR) is 74.0 cm³/mol. The molecular weight excluding hydrogens is 382 g/mol. The van der Waals surface area contributed by atoms with E-state index in [1.807, 2.05) is 4.98 Å². The zero-order chi connectivity index (χ0) is 20.6. The Kier molecular flexibility index (Phi) is 3.72. The molecule has 0 aromatic carbocycles. The molecular formula is C10H13N5O12. The van der Waals surface area contributed by atoms with Crippen molar-refractivity contribution in [1.29, 1.82) is 0 Å². The van der Waals surface area contributed by atoms with Gasteiger partial charge in [-0.3, -0.25) is 19.1 Å². The van der Waals surface area contributed by atoms with Crippen LogP contribution < -0.4 is 11.3 Å².